The van der Waals surface area contributed by atoms with Gasteiger partial charge in [-0.05, 0) is 18.2 Å². The van der Waals surface area contributed by atoms with Crippen molar-refractivity contribution >= 4 is 35.4 Å². The minimum absolute atomic E-state index is 0.0289. The van der Waals surface area contributed by atoms with Crippen molar-refractivity contribution in [2.45, 2.75) is 16.4 Å². The summed E-state index contributed by atoms with van der Waals surface area (Å²) in [6.07, 6.45) is 1.67. The van der Waals surface area contributed by atoms with E-state index in [1.165, 1.54) is 28.4 Å². The largest absolute Gasteiger partial charge is 0.477 e. The van der Waals surface area contributed by atoms with Crippen LogP contribution in [0.4, 0.5) is 0 Å². The van der Waals surface area contributed by atoms with Gasteiger partial charge in [0.15, 0.2) is 0 Å². The first-order valence-corrected chi connectivity index (χ1v) is 9.38. The first kappa shape index (κ1) is 16.2. The number of aromatic nitrogens is 2. The number of para-hydroxylation sites is 1. The van der Waals surface area contributed by atoms with Gasteiger partial charge in [-0.1, -0.05) is 30.0 Å². The first-order valence-electron chi connectivity index (χ1n) is 7.52. The predicted molar refractivity (Wildman–Crippen MR) is 95.2 cm³/mol. The summed E-state index contributed by atoms with van der Waals surface area (Å²) in [6, 6.07) is 10.8. The van der Waals surface area contributed by atoms with Crippen molar-refractivity contribution in [1.29, 1.82) is 0 Å². The zero-order valence-electron chi connectivity index (χ0n) is 12.9. The molecule has 1 amide bonds. The van der Waals surface area contributed by atoms with Crippen LogP contribution in [0, 0.1) is 0 Å². The van der Waals surface area contributed by atoms with E-state index < -0.39 is 12.0 Å². The molecule has 0 aliphatic carbocycles. The highest BCUT2D eigenvalue weighted by Crippen LogP contribution is 2.44. The smallest absolute Gasteiger partial charge is 0.353 e. The lowest BCUT2D eigenvalue weighted by atomic mass is 10.1. The van der Waals surface area contributed by atoms with Crippen LogP contribution in [0.25, 0.3) is 5.69 Å². The molecule has 1 fully saturated rings. The topological polar surface area (TPSA) is 101 Å². The van der Waals surface area contributed by atoms with E-state index in [1.54, 1.807) is 10.9 Å². The monoisotopic (exact) mass is 374 g/mol. The van der Waals surface area contributed by atoms with E-state index in [9.17, 15) is 14.7 Å². The number of benzene rings is 1. The van der Waals surface area contributed by atoms with Crippen molar-refractivity contribution in [3.05, 3.63) is 53.2 Å². The highest BCUT2D eigenvalue weighted by atomic mass is 32.2. The summed E-state index contributed by atoms with van der Waals surface area (Å²) in [4.78, 5) is 25.7. The van der Waals surface area contributed by atoms with E-state index in [4.69, 9.17) is 5.73 Å². The van der Waals surface area contributed by atoms with Crippen molar-refractivity contribution in [2.24, 2.45) is 5.73 Å². The first-order chi connectivity index (χ1) is 12.1. The van der Waals surface area contributed by atoms with Gasteiger partial charge in [-0.3, -0.25) is 9.69 Å². The summed E-state index contributed by atoms with van der Waals surface area (Å²) in [5.41, 5.74) is 6.69. The van der Waals surface area contributed by atoms with Crippen LogP contribution in [-0.2, 0) is 9.59 Å². The lowest BCUT2D eigenvalue weighted by Crippen LogP contribution is -2.68. The van der Waals surface area contributed by atoms with Crippen LogP contribution in [0.5, 0.6) is 0 Å². The van der Waals surface area contributed by atoms with Gasteiger partial charge in [0.2, 0.25) is 5.91 Å². The second kappa shape index (κ2) is 6.25. The van der Waals surface area contributed by atoms with E-state index in [1.807, 2.05) is 36.4 Å². The molecule has 0 radical (unpaired) electrons. The summed E-state index contributed by atoms with van der Waals surface area (Å²) in [5.74, 6) is -0.961. The lowest BCUT2D eigenvalue weighted by Gasteiger charge is -2.47. The summed E-state index contributed by atoms with van der Waals surface area (Å²) < 4.78 is 1.75. The number of rotatable bonds is 4. The number of carboxylic acids is 1. The second-order valence-electron chi connectivity index (χ2n) is 5.53. The molecule has 3 N–H and O–H groups in total. The van der Waals surface area contributed by atoms with Gasteiger partial charge in [0.25, 0.3) is 0 Å². The predicted octanol–water partition coefficient (Wildman–Crippen LogP) is 1.50. The fourth-order valence-corrected chi connectivity index (χ4v) is 5.31. The van der Waals surface area contributed by atoms with Gasteiger partial charge >= 0.3 is 5.97 Å². The van der Waals surface area contributed by atoms with Gasteiger partial charge in [-0.25, -0.2) is 9.48 Å². The van der Waals surface area contributed by atoms with Gasteiger partial charge < -0.3 is 10.8 Å². The molecule has 4 rings (SSSR count). The second-order valence-corrected chi connectivity index (χ2v) is 7.75. The van der Waals surface area contributed by atoms with Crippen molar-refractivity contribution in [2.75, 3.05) is 5.75 Å². The SMILES string of the molecule is N[C@@H]1C(=O)N2C(C(=O)O)=C(Sc3ccnn3-c3ccccc3)CS[C@H]12. The molecule has 25 heavy (non-hydrogen) atoms. The third kappa shape index (κ3) is 2.64. The molecule has 0 spiro atoms. The Kier molecular flexibility index (Phi) is 4.06. The lowest BCUT2D eigenvalue weighted by molar-refractivity contribution is -0.147. The van der Waals surface area contributed by atoms with Gasteiger partial charge in [0.1, 0.15) is 22.1 Å². The zero-order chi connectivity index (χ0) is 17.6. The molecule has 0 unspecified atom stereocenters. The molecule has 2 atom stereocenters. The van der Waals surface area contributed by atoms with E-state index in [0.29, 0.717) is 10.7 Å². The molecule has 2 aliphatic rings. The third-order valence-electron chi connectivity index (χ3n) is 4.01. The van der Waals surface area contributed by atoms with E-state index in [2.05, 4.69) is 5.10 Å². The Morgan fingerprint density at radius 3 is 2.80 bits per heavy atom. The quantitative estimate of drug-likeness (QED) is 0.782. The standard InChI is InChI=1S/C16H14N4O3S2/c17-12-14(21)19-13(16(22)23)10(8-24-15(12)19)25-11-6-7-18-20(11)9-4-2-1-3-5-9/h1-7,12,15H,8,17H2,(H,22,23)/t12-,15-/m1/s1. The van der Waals surface area contributed by atoms with Crippen LogP contribution in [0.15, 0.2) is 58.2 Å². The van der Waals surface area contributed by atoms with Gasteiger partial charge in [0, 0.05) is 10.7 Å². The number of nitrogens with zero attached hydrogens (tertiary/aromatic N) is 3. The molecule has 0 saturated carbocycles. The Bertz CT molecular complexity index is 881. The van der Waals surface area contributed by atoms with E-state index in [-0.39, 0.29) is 17.0 Å². The Hall–Kier alpha value is -2.23. The Morgan fingerprint density at radius 1 is 1.32 bits per heavy atom. The molecule has 0 bridgehead atoms. The number of carbonyl (C=O) groups excluding carboxylic acids is 1. The normalized spacial score (nSPS) is 22.6. The molecule has 2 aromatic rings. The Balaban J connectivity index is 1.70. The Labute approximate surface area is 151 Å². The van der Waals surface area contributed by atoms with Gasteiger partial charge in [-0.2, -0.15) is 5.10 Å². The van der Waals surface area contributed by atoms with Gasteiger partial charge in [-0.15, -0.1) is 11.8 Å². The number of β-lactam (4-membered cyclic amide) rings is 1. The summed E-state index contributed by atoms with van der Waals surface area (Å²) in [6.45, 7) is 0. The van der Waals surface area contributed by atoms with E-state index in [0.717, 1.165) is 10.7 Å². The maximum Gasteiger partial charge on any atom is 0.353 e. The molecular weight excluding hydrogens is 360 g/mol. The van der Waals surface area contributed by atoms with Crippen molar-refractivity contribution in [1.82, 2.24) is 14.7 Å². The molecule has 1 saturated heterocycles. The zero-order valence-corrected chi connectivity index (χ0v) is 14.5. The number of thioether (sulfide) groups is 2. The van der Waals surface area contributed by atoms with Crippen molar-refractivity contribution in [3.63, 3.8) is 0 Å². The molecule has 2 aliphatic heterocycles. The minimum Gasteiger partial charge on any atom is -0.477 e. The molecular formula is C16H14N4O3S2. The molecule has 7 nitrogen and oxygen atoms in total. The molecule has 1 aromatic heterocycles. The average molecular weight is 374 g/mol. The Morgan fingerprint density at radius 2 is 2.08 bits per heavy atom. The van der Waals surface area contributed by atoms with Crippen molar-refractivity contribution < 1.29 is 14.7 Å². The van der Waals surface area contributed by atoms with Crippen LogP contribution in [-0.4, -0.2) is 48.8 Å². The third-order valence-corrected chi connectivity index (χ3v) is 6.60. The number of hydrogen-bond donors (Lipinski definition) is 2. The number of carbonyl (C=O) groups is 2. The fourth-order valence-electron chi connectivity index (χ4n) is 2.82. The van der Waals surface area contributed by atoms with E-state index >= 15 is 0 Å². The average Bonchev–Trinajstić information content (AvgIpc) is 3.09. The number of hydrogen-bond acceptors (Lipinski definition) is 6. The summed E-state index contributed by atoms with van der Waals surface area (Å²) >= 11 is 2.80. The van der Waals surface area contributed by atoms with Crippen LogP contribution >= 0.6 is 23.5 Å². The molecule has 1 aromatic carbocycles. The van der Waals surface area contributed by atoms with Crippen LogP contribution < -0.4 is 5.73 Å². The number of carboxylic acid groups (broad SMARTS) is 1. The maximum absolute atomic E-state index is 12.0. The number of nitrogens with two attached hydrogens (primary N) is 1. The molecule has 3 heterocycles. The maximum atomic E-state index is 12.0. The van der Waals surface area contributed by atoms with Crippen LogP contribution in [0.1, 0.15) is 0 Å². The molecule has 9 heteroatoms. The van der Waals surface area contributed by atoms with Gasteiger partial charge in [0.05, 0.1) is 11.9 Å². The number of fused-ring (bicyclic) bond motifs is 1. The summed E-state index contributed by atoms with van der Waals surface area (Å²) in [7, 11) is 0. The van der Waals surface area contributed by atoms with Crippen LogP contribution in [0.3, 0.4) is 0 Å². The fraction of sp³-hybridized carbons (Fsp3) is 0.188. The number of aliphatic carboxylic acids is 1. The molecule has 128 valence electrons. The number of amides is 1. The minimum atomic E-state index is -1.11. The van der Waals surface area contributed by atoms with Crippen molar-refractivity contribution in [3.8, 4) is 5.69 Å². The highest BCUT2D eigenvalue weighted by molar-refractivity contribution is 8.06. The van der Waals surface area contributed by atoms with Crippen LogP contribution in [0.2, 0.25) is 0 Å². The summed E-state index contributed by atoms with van der Waals surface area (Å²) in [5, 5.41) is 14.4. The highest BCUT2D eigenvalue weighted by Gasteiger charge is 2.52.